The Kier molecular flexibility index (Phi) is 13.5. The molecule has 0 aliphatic heterocycles. The average molecular weight is 810 g/mol. The maximum absolute atomic E-state index is 12.4. The molecule has 0 heterocycles. The molecule has 1 aliphatic carbocycles. The van der Waals surface area contributed by atoms with E-state index in [4.69, 9.17) is 25.8 Å². The summed E-state index contributed by atoms with van der Waals surface area (Å²) in [7, 11) is 0. The second-order valence-electron chi connectivity index (χ2n) is 20.6. The number of fused-ring (bicyclic) bond motifs is 8. The number of carbonyl (C=O) groups excluding carboxylic acids is 1. The Morgan fingerprint density at radius 1 is 0.483 bits per heavy atom. The van der Waals surface area contributed by atoms with Gasteiger partial charge in [0, 0.05) is 25.7 Å². The lowest BCUT2D eigenvalue weighted by atomic mass is 9.79. The number of carbonyl (C=O) groups is 1. The van der Waals surface area contributed by atoms with Gasteiger partial charge in [-0.05, 0) is 113 Å². The Morgan fingerprint density at radius 3 is 0.966 bits per heavy atom. The Bertz CT molecular complexity index is 2130. The zero-order valence-electron chi connectivity index (χ0n) is 37.9. The van der Waals surface area contributed by atoms with Crippen LogP contribution in [0.15, 0.2) is 48.5 Å². The van der Waals surface area contributed by atoms with E-state index in [1.54, 1.807) is 0 Å². The molecule has 8 bridgehead atoms. The minimum atomic E-state index is -0.570. The van der Waals surface area contributed by atoms with Crippen LogP contribution in [0.3, 0.4) is 0 Å². The largest absolute Gasteiger partial charge is 0.507 e. The molecule has 0 atom stereocenters. The van der Waals surface area contributed by atoms with Gasteiger partial charge in [0.1, 0.15) is 23.0 Å². The lowest BCUT2D eigenvalue weighted by molar-refractivity contribution is -0.113. The maximum atomic E-state index is 12.4. The van der Waals surface area contributed by atoms with E-state index in [2.05, 4.69) is 145 Å². The third-order valence-corrected chi connectivity index (χ3v) is 11.3. The van der Waals surface area contributed by atoms with Gasteiger partial charge in [-0.1, -0.05) is 145 Å². The molecule has 0 amide bonds. The third-order valence-electron chi connectivity index (χ3n) is 11.2. The van der Waals surface area contributed by atoms with Crippen molar-refractivity contribution in [2.75, 3.05) is 19.8 Å². The number of phenols is 1. The minimum Gasteiger partial charge on any atom is -0.507 e. The predicted molar refractivity (Wildman–Crippen MR) is 241 cm³/mol. The molecule has 0 unspecified atom stereocenters. The van der Waals surface area contributed by atoms with E-state index in [0.717, 1.165) is 80.0 Å². The van der Waals surface area contributed by atoms with Gasteiger partial charge in [-0.3, -0.25) is 4.79 Å². The lowest BCUT2D eigenvalue weighted by Crippen LogP contribution is -2.18. The fraction of sp³-hybridized carbons (Fsp3) is 0.519. The van der Waals surface area contributed by atoms with Crippen LogP contribution in [0.4, 0.5) is 0 Å². The van der Waals surface area contributed by atoms with Gasteiger partial charge >= 0.3 is 0 Å². The number of hydrogen-bond acceptors (Lipinski definition) is 5. The molecule has 5 nitrogen and oxygen atoms in total. The van der Waals surface area contributed by atoms with Crippen molar-refractivity contribution >= 4 is 16.8 Å². The quantitative estimate of drug-likeness (QED) is 0.150. The number of benzene rings is 4. The van der Waals surface area contributed by atoms with Gasteiger partial charge in [-0.15, -0.1) is 0 Å². The summed E-state index contributed by atoms with van der Waals surface area (Å²) in [5.41, 5.74) is 11.8. The van der Waals surface area contributed by atoms with Crippen molar-refractivity contribution in [2.24, 2.45) is 0 Å². The summed E-state index contributed by atoms with van der Waals surface area (Å²) >= 11 is 5.99. The van der Waals surface area contributed by atoms with Gasteiger partial charge in [0.15, 0.2) is 6.61 Å². The summed E-state index contributed by atoms with van der Waals surface area (Å²) < 4.78 is 20.1. The average Bonchev–Trinajstić information content (AvgIpc) is 3.09. The van der Waals surface area contributed by atoms with Crippen LogP contribution in [0.25, 0.3) is 0 Å². The summed E-state index contributed by atoms with van der Waals surface area (Å²) in [5, 5.41) is 11.8. The third kappa shape index (κ3) is 10.6. The van der Waals surface area contributed by atoms with Crippen molar-refractivity contribution in [3.05, 3.63) is 115 Å². The van der Waals surface area contributed by atoms with Crippen molar-refractivity contribution in [3.63, 3.8) is 0 Å². The topological polar surface area (TPSA) is 65.0 Å². The van der Waals surface area contributed by atoms with Crippen LogP contribution in [0.2, 0.25) is 0 Å². The van der Waals surface area contributed by atoms with Gasteiger partial charge in [-0.2, -0.15) is 0 Å². The lowest BCUT2D eigenvalue weighted by Gasteiger charge is -2.29. The molecule has 0 saturated heterocycles. The van der Waals surface area contributed by atoms with E-state index in [9.17, 15) is 9.90 Å². The van der Waals surface area contributed by atoms with Gasteiger partial charge in [0.25, 0.3) is 5.24 Å². The summed E-state index contributed by atoms with van der Waals surface area (Å²) in [5.74, 6) is 2.65. The highest BCUT2D eigenvalue weighted by molar-refractivity contribution is 6.63. The molecule has 5 rings (SSSR count). The summed E-state index contributed by atoms with van der Waals surface area (Å²) in [6, 6.07) is 18.0. The summed E-state index contributed by atoms with van der Waals surface area (Å²) in [6.07, 6.45) is 3.72. The van der Waals surface area contributed by atoms with Crippen LogP contribution >= 0.6 is 11.6 Å². The monoisotopic (exact) mass is 808 g/mol. The molecule has 0 spiro atoms. The van der Waals surface area contributed by atoms with Gasteiger partial charge in [-0.25, -0.2) is 0 Å². The Labute approximate surface area is 354 Å². The zero-order chi connectivity index (χ0) is 43.0. The van der Waals surface area contributed by atoms with Crippen LogP contribution in [0.5, 0.6) is 23.0 Å². The molecule has 0 radical (unpaired) electrons. The molecule has 4 aromatic rings. The highest BCUT2D eigenvalue weighted by atomic mass is 35.5. The zero-order valence-corrected chi connectivity index (χ0v) is 38.7. The predicted octanol–water partition coefficient (Wildman–Crippen LogP) is 13.0. The first-order valence-corrected chi connectivity index (χ1v) is 21.7. The van der Waals surface area contributed by atoms with E-state index in [1.165, 1.54) is 11.1 Å². The van der Waals surface area contributed by atoms with Crippen LogP contribution in [0, 0.1) is 0 Å². The smallest absolute Gasteiger partial charge is 0.259 e. The molecule has 0 fully saturated rings. The van der Waals surface area contributed by atoms with Crippen LogP contribution in [-0.2, 0) is 52.1 Å². The number of hydrogen-bond donors (Lipinski definition) is 1. The van der Waals surface area contributed by atoms with Crippen LogP contribution in [0.1, 0.15) is 177 Å². The van der Waals surface area contributed by atoms with Crippen molar-refractivity contribution in [1.29, 1.82) is 0 Å². The van der Waals surface area contributed by atoms with Crippen molar-refractivity contribution in [1.82, 2.24) is 0 Å². The van der Waals surface area contributed by atoms with E-state index in [-0.39, 0.29) is 34.0 Å². The highest BCUT2D eigenvalue weighted by Gasteiger charge is 2.29. The van der Waals surface area contributed by atoms with Crippen LogP contribution in [-0.4, -0.2) is 30.2 Å². The van der Waals surface area contributed by atoms with Crippen molar-refractivity contribution in [3.8, 4) is 23.0 Å². The summed E-state index contributed by atoms with van der Waals surface area (Å²) in [6.45, 7) is 32.0. The highest BCUT2D eigenvalue weighted by Crippen LogP contribution is 2.44. The molecule has 58 heavy (non-hydrogen) atoms. The molecule has 6 heteroatoms. The van der Waals surface area contributed by atoms with Gasteiger partial charge in [0.05, 0.1) is 13.2 Å². The number of rotatable bonds is 9. The second-order valence-corrected chi connectivity index (χ2v) is 21.0. The molecule has 1 N–H and O–H groups in total. The molecule has 1 aliphatic rings. The van der Waals surface area contributed by atoms with Crippen molar-refractivity contribution in [2.45, 2.75) is 157 Å². The normalized spacial score (nSPS) is 13.6. The van der Waals surface area contributed by atoms with E-state index in [1.807, 2.05) is 0 Å². The Morgan fingerprint density at radius 2 is 0.724 bits per heavy atom. The first-order valence-electron chi connectivity index (χ1n) is 21.3. The van der Waals surface area contributed by atoms with E-state index in [0.29, 0.717) is 44.6 Å². The second kappa shape index (κ2) is 17.3. The number of aromatic hydroxyl groups is 1. The molecule has 0 saturated carbocycles. The fourth-order valence-corrected chi connectivity index (χ4v) is 7.78. The molecular weight excluding hydrogens is 740 g/mol. The maximum Gasteiger partial charge on any atom is 0.259 e. The number of phenolic OH excluding ortho intramolecular Hbond substituents is 1. The van der Waals surface area contributed by atoms with E-state index >= 15 is 0 Å². The summed E-state index contributed by atoms with van der Waals surface area (Å²) in [4.78, 5) is 12.4. The molecular formula is C52H69ClO5. The Hall–Kier alpha value is -3.96. The number of halogens is 1. The molecule has 0 aromatic heterocycles. The molecule has 314 valence electrons. The standard InChI is InChI=1S/C52H69ClO5/c1-15-17-56-46-34-19-32-23-40(49(3,4)5)24-33(45(32)55)20-35-26-42(51(9,10)11)30-39(48(35)58-31-44(53)54)22-38-29-43(52(12,13)14)28-37(47(38)57-18-16-2)21-36(46)27-41(25-34)50(6,7)8/h23-30,55H,15-22,31H2,1-14H3. The van der Waals surface area contributed by atoms with Gasteiger partial charge in [0.2, 0.25) is 0 Å². The fourth-order valence-electron chi connectivity index (χ4n) is 7.73. The molecule has 4 aromatic carbocycles. The number of ether oxygens (including phenoxy) is 3. The Balaban J connectivity index is 1.99. The SMILES string of the molecule is CCCOc1c2cc(C(C)(C)C)cc1Cc1cc(C(C)(C)C)cc(c1OCCC)Cc1cc(C(C)(C)C)cc(c1OCC(=O)Cl)Cc1cc(C(C)(C)C)cc(c1O)C2. The van der Waals surface area contributed by atoms with Gasteiger partial charge < -0.3 is 19.3 Å². The van der Waals surface area contributed by atoms with E-state index < -0.39 is 5.24 Å². The first kappa shape index (κ1) is 45.1. The first-order chi connectivity index (χ1) is 26.9. The minimum absolute atomic E-state index is 0.137. The van der Waals surface area contributed by atoms with Crippen LogP contribution < -0.4 is 14.2 Å². The van der Waals surface area contributed by atoms with Crippen molar-refractivity contribution < 1.29 is 24.1 Å².